The molecule has 1 atom stereocenters. The lowest BCUT2D eigenvalue weighted by Gasteiger charge is -2.25. The van der Waals surface area contributed by atoms with E-state index in [4.69, 9.17) is 4.42 Å². The predicted molar refractivity (Wildman–Crippen MR) is 86.4 cm³/mol. The zero-order chi connectivity index (χ0) is 16.8. The van der Waals surface area contributed by atoms with Crippen molar-refractivity contribution >= 4 is 11.9 Å². The molecule has 5 nitrogen and oxygen atoms in total. The second-order valence-electron chi connectivity index (χ2n) is 5.47. The average Bonchev–Trinajstić information content (AvgIpc) is 3.00. The van der Waals surface area contributed by atoms with Crippen molar-refractivity contribution in [3.8, 4) is 0 Å². The molecule has 1 heterocycles. The molecule has 0 radical (unpaired) electrons. The molecule has 1 aromatic heterocycles. The van der Waals surface area contributed by atoms with Gasteiger partial charge in [0.2, 0.25) is 0 Å². The molecule has 1 aromatic carbocycles. The number of nitrogens with zero attached hydrogens (tertiary/aromatic N) is 1. The third kappa shape index (κ3) is 4.00. The van der Waals surface area contributed by atoms with Crippen molar-refractivity contribution in [2.75, 3.05) is 7.05 Å². The van der Waals surface area contributed by atoms with Crippen molar-refractivity contribution in [2.45, 2.75) is 32.2 Å². The summed E-state index contributed by atoms with van der Waals surface area (Å²) in [5.41, 5.74) is 1.31. The van der Waals surface area contributed by atoms with Crippen molar-refractivity contribution in [2.24, 2.45) is 0 Å². The fraction of sp³-hybridized carbons (Fsp3) is 0.333. The number of hydrogen-bond acceptors (Lipinski definition) is 3. The number of carboxylic acids is 1. The molecule has 0 aliphatic carbocycles. The number of rotatable bonds is 7. The summed E-state index contributed by atoms with van der Waals surface area (Å²) >= 11 is 0. The molecule has 1 N–H and O–H groups in total. The lowest BCUT2D eigenvalue weighted by atomic mass is 10.0. The van der Waals surface area contributed by atoms with Gasteiger partial charge in [-0.2, -0.15) is 0 Å². The molecular formula is C18H21NO4. The van der Waals surface area contributed by atoms with E-state index >= 15 is 0 Å². The summed E-state index contributed by atoms with van der Waals surface area (Å²) in [6.45, 7) is 2.00. The maximum atomic E-state index is 12.6. The molecule has 2 aromatic rings. The Kier molecular flexibility index (Phi) is 5.57. The number of carboxylic acid groups (broad SMARTS) is 1. The Hall–Kier alpha value is -2.56. The minimum atomic E-state index is -1.02. The quantitative estimate of drug-likeness (QED) is 0.852. The van der Waals surface area contributed by atoms with Crippen LogP contribution in [0.3, 0.4) is 0 Å². The topological polar surface area (TPSA) is 70.8 Å². The minimum Gasteiger partial charge on any atom is -0.480 e. The lowest BCUT2D eigenvalue weighted by Crippen LogP contribution is -2.44. The summed E-state index contributed by atoms with van der Waals surface area (Å²) in [6, 6.07) is 9.97. The third-order valence-electron chi connectivity index (χ3n) is 3.80. The number of benzene rings is 1. The van der Waals surface area contributed by atoms with E-state index in [1.54, 1.807) is 6.07 Å². The van der Waals surface area contributed by atoms with Gasteiger partial charge in [-0.3, -0.25) is 4.79 Å². The van der Waals surface area contributed by atoms with E-state index in [0.29, 0.717) is 17.7 Å². The zero-order valence-corrected chi connectivity index (χ0v) is 13.4. The first-order chi connectivity index (χ1) is 11.0. The number of carbonyl (C=O) groups excluding carboxylic acids is 1. The lowest BCUT2D eigenvalue weighted by molar-refractivity contribution is -0.141. The first kappa shape index (κ1) is 16.8. The Morgan fingerprint density at radius 3 is 2.52 bits per heavy atom. The van der Waals surface area contributed by atoms with Crippen LogP contribution in [-0.4, -0.2) is 35.0 Å². The molecule has 0 aliphatic rings. The van der Waals surface area contributed by atoms with Crippen molar-refractivity contribution in [3.63, 3.8) is 0 Å². The van der Waals surface area contributed by atoms with E-state index in [1.165, 1.54) is 18.2 Å². The molecule has 0 saturated carbocycles. The molecular weight excluding hydrogens is 294 g/mol. The molecule has 0 fully saturated rings. The molecule has 0 bridgehead atoms. The van der Waals surface area contributed by atoms with Crippen molar-refractivity contribution in [1.82, 2.24) is 4.90 Å². The largest absolute Gasteiger partial charge is 0.480 e. The Morgan fingerprint density at radius 1 is 1.22 bits per heavy atom. The summed E-state index contributed by atoms with van der Waals surface area (Å²) in [4.78, 5) is 25.5. The van der Waals surface area contributed by atoms with E-state index < -0.39 is 12.0 Å². The van der Waals surface area contributed by atoms with E-state index in [2.05, 4.69) is 0 Å². The molecule has 0 saturated heterocycles. The summed E-state index contributed by atoms with van der Waals surface area (Å²) < 4.78 is 5.34. The van der Waals surface area contributed by atoms with Crippen LogP contribution in [0.15, 0.2) is 47.1 Å². The van der Waals surface area contributed by atoms with Gasteiger partial charge in [0, 0.05) is 19.9 Å². The van der Waals surface area contributed by atoms with Crippen molar-refractivity contribution in [1.29, 1.82) is 0 Å². The Bertz CT molecular complexity index is 663. The van der Waals surface area contributed by atoms with Crippen LogP contribution in [0.2, 0.25) is 0 Å². The highest BCUT2D eigenvalue weighted by Crippen LogP contribution is 2.17. The number of likely N-dealkylation sites (N-methyl/N-ethyl adjacent to an activating group) is 1. The van der Waals surface area contributed by atoms with Gasteiger partial charge in [-0.1, -0.05) is 37.3 Å². The molecule has 2 rings (SSSR count). The Morgan fingerprint density at radius 2 is 1.91 bits per heavy atom. The number of amides is 1. The zero-order valence-electron chi connectivity index (χ0n) is 13.4. The van der Waals surface area contributed by atoms with Crippen LogP contribution in [0.1, 0.15) is 35.0 Å². The van der Waals surface area contributed by atoms with Gasteiger partial charge in [0.25, 0.3) is 5.91 Å². The summed E-state index contributed by atoms with van der Waals surface area (Å²) in [5.74, 6) is -0.746. The molecule has 1 amide bonds. The minimum absolute atomic E-state index is 0.263. The maximum absolute atomic E-state index is 12.6. The molecule has 0 spiro atoms. The Labute approximate surface area is 135 Å². The summed E-state index contributed by atoms with van der Waals surface area (Å²) in [5, 5.41) is 9.51. The van der Waals surface area contributed by atoms with Gasteiger partial charge in [-0.15, -0.1) is 0 Å². The summed E-state index contributed by atoms with van der Waals surface area (Å²) in [7, 11) is 1.52. The van der Waals surface area contributed by atoms with Gasteiger partial charge in [0.1, 0.15) is 11.8 Å². The van der Waals surface area contributed by atoms with Crippen LogP contribution in [-0.2, 0) is 17.6 Å². The Balaban J connectivity index is 2.20. The molecule has 5 heteroatoms. The normalized spacial score (nSPS) is 11.9. The number of aryl methyl sites for hydroxylation is 1. The molecule has 23 heavy (non-hydrogen) atoms. The van der Waals surface area contributed by atoms with E-state index in [1.807, 2.05) is 37.3 Å². The number of carbonyl (C=O) groups is 2. The fourth-order valence-corrected chi connectivity index (χ4v) is 2.51. The number of hydrogen-bond donors (Lipinski definition) is 1. The second-order valence-corrected chi connectivity index (χ2v) is 5.47. The van der Waals surface area contributed by atoms with E-state index in [0.717, 1.165) is 12.0 Å². The first-order valence-corrected chi connectivity index (χ1v) is 7.64. The fourth-order valence-electron chi connectivity index (χ4n) is 2.51. The highest BCUT2D eigenvalue weighted by Gasteiger charge is 2.29. The second kappa shape index (κ2) is 7.63. The maximum Gasteiger partial charge on any atom is 0.326 e. The smallest absolute Gasteiger partial charge is 0.326 e. The first-order valence-electron chi connectivity index (χ1n) is 7.64. The van der Waals surface area contributed by atoms with Gasteiger partial charge in [-0.25, -0.2) is 4.79 Å². The van der Waals surface area contributed by atoms with Gasteiger partial charge in [0.05, 0.1) is 11.8 Å². The summed E-state index contributed by atoms with van der Waals surface area (Å²) in [6.07, 6.45) is 3.24. The van der Waals surface area contributed by atoms with Crippen LogP contribution >= 0.6 is 0 Å². The van der Waals surface area contributed by atoms with E-state index in [9.17, 15) is 14.7 Å². The van der Waals surface area contributed by atoms with Crippen LogP contribution < -0.4 is 0 Å². The van der Waals surface area contributed by atoms with Gasteiger partial charge in [-0.05, 0) is 18.1 Å². The monoisotopic (exact) mass is 315 g/mol. The predicted octanol–water partition coefficient (Wildman–Crippen LogP) is 3.00. The van der Waals surface area contributed by atoms with Gasteiger partial charge < -0.3 is 14.4 Å². The SMILES string of the molecule is CCCc1occc1C(=O)N(C)C(Cc1ccccc1)C(=O)O. The van der Waals surface area contributed by atoms with Gasteiger partial charge in [0.15, 0.2) is 0 Å². The number of furan rings is 1. The van der Waals surface area contributed by atoms with E-state index in [-0.39, 0.29) is 12.3 Å². The average molecular weight is 315 g/mol. The van der Waals surface area contributed by atoms with Crippen LogP contribution in [0.5, 0.6) is 0 Å². The van der Waals surface area contributed by atoms with Crippen LogP contribution in [0.25, 0.3) is 0 Å². The molecule has 0 aliphatic heterocycles. The highest BCUT2D eigenvalue weighted by molar-refractivity contribution is 5.97. The molecule has 1 unspecified atom stereocenters. The third-order valence-corrected chi connectivity index (χ3v) is 3.80. The molecule has 122 valence electrons. The number of aliphatic carboxylic acids is 1. The van der Waals surface area contributed by atoms with Gasteiger partial charge >= 0.3 is 5.97 Å². The standard InChI is InChI=1S/C18H21NO4/c1-3-7-16-14(10-11-23-16)17(20)19(2)15(18(21)22)12-13-8-5-4-6-9-13/h4-6,8-11,15H,3,7,12H2,1-2H3,(H,21,22). The van der Waals surface area contributed by atoms with Crippen molar-refractivity contribution in [3.05, 3.63) is 59.5 Å². The van der Waals surface area contributed by atoms with Crippen LogP contribution in [0, 0.1) is 0 Å². The van der Waals surface area contributed by atoms with Crippen LogP contribution in [0.4, 0.5) is 0 Å². The highest BCUT2D eigenvalue weighted by atomic mass is 16.4. The van der Waals surface area contributed by atoms with Crippen molar-refractivity contribution < 1.29 is 19.1 Å².